The molecule has 1 N–H and O–H groups in total. The molecule has 0 radical (unpaired) electrons. The first-order valence-electron chi connectivity index (χ1n) is 7.52. The van der Waals surface area contributed by atoms with Gasteiger partial charge in [0.25, 0.3) is 0 Å². The Morgan fingerprint density at radius 2 is 2.14 bits per heavy atom. The van der Waals surface area contributed by atoms with Crippen LogP contribution < -0.4 is 5.32 Å². The van der Waals surface area contributed by atoms with Crippen molar-refractivity contribution >= 4 is 0 Å². The maximum atomic E-state index is 5.89. The van der Waals surface area contributed by atoms with Crippen LogP contribution >= 0.6 is 0 Å². The van der Waals surface area contributed by atoms with Gasteiger partial charge in [-0.2, -0.15) is 10.2 Å². The molecule has 0 aromatic carbocycles. The van der Waals surface area contributed by atoms with Gasteiger partial charge in [0, 0.05) is 44.7 Å². The predicted octanol–water partition coefficient (Wildman–Crippen LogP) is 1.82. The fourth-order valence-corrected chi connectivity index (χ4v) is 2.94. The molecule has 1 saturated heterocycles. The summed E-state index contributed by atoms with van der Waals surface area (Å²) in [5, 5.41) is 12.2. The van der Waals surface area contributed by atoms with Crippen LogP contribution in [0.4, 0.5) is 0 Å². The zero-order chi connectivity index (χ0) is 14.8. The summed E-state index contributed by atoms with van der Waals surface area (Å²) < 4.78 is 9.84. The van der Waals surface area contributed by atoms with Gasteiger partial charge in [0.15, 0.2) is 0 Å². The Labute approximate surface area is 125 Å². The number of aryl methyl sites for hydroxylation is 1. The van der Waals surface area contributed by atoms with Gasteiger partial charge < -0.3 is 10.1 Å². The van der Waals surface area contributed by atoms with Crippen LogP contribution in [0.2, 0.25) is 0 Å². The number of nitrogens with zero attached hydrogens (tertiary/aromatic N) is 4. The lowest BCUT2D eigenvalue weighted by molar-refractivity contribution is 0.0917. The maximum absolute atomic E-state index is 5.89. The fraction of sp³-hybridized carbons (Fsp3) is 0.600. The van der Waals surface area contributed by atoms with Crippen molar-refractivity contribution in [1.82, 2.24) is 24.9 Å². The maximum Gasteiger partial charge on any atom is 0.114 e. The van der Waals surface area contributed by atoms with Crippen LogP contribution in [0.15, 0.2) is 24.5 Å². The molecular weight excluding hydrogens is 266 g/mol. The van der Waals surface area contributed by atoms with E-state index in [1.54, 1.807) is 0 Å². The quantitative estimate of drug-likeness (QED) is 0.912. The van der Waals surface area contributed by atoms with E-state index in [0.29, 0.717) is 12.1 Å². The standard InChI is InChI=1S/C15H23N5O/c1-11(2)20-12(4-7-18-20)10-16-13-6-9-21-15(13)14-5-8-17-19(14)3/h4-5,7-8,11,13,15-16H,6,9-10H2,1-3H3/t13-,15-/m0/s1. The highest BCUT2D eigenvalue weighted by Crippen LogP contribution is 2.28. The zero-order valence-corrected chi connectivity index (χ0v) is 12.9. The molecule has 0 saturated carbocycles. The lowest BCUT2D eigenvalue weighted by Gasteiger charge is -2.21. The van der Waals surface area contributed by atoms with Gasteiger partial charge in [-0.3, -0.25) is 9.36 Å². The molecular formula is C15H23N5O. The third-order valence-electron chi connectivity index (χ3n) is 4.03. The summed E-state index contributed by atoms with van der Waals surface area (Å²) in [5.41, 5.74) is 2.34. The molecule has 1 fully saturated rings. The van der Waals surface area contributed by atoms with Crippen molar-refractivity contribution < 1.29 is 4.74 Å². The smallest absolute Gasteiger partial charge is 0.114 e. The monoisotopic (exact) mass is 289 g/mol. The molecule has 0 amide bonds. The van der Waals surface area contributed by atoms with Crippen LogP contribution in [-0.2, 0) is 18.3 Å². The highest BCUT2D eigenvalue weighted by molar-refractivity contribution is 5.10. The first-order valence-corrected chi connectivity index (χ1v) is 7.52. The summed E-state index contributed by atoms with van der Waals surface area (Å²) >= 11 is 0. The van der Waals surface area contributed by atoms with E-state index in [1.165, 1.54) is 5.69 Å². The van der Waals surface area contributed by atoms with Crippen molar-refractivity contribution in [3.8, 4) is 0 Å². The molecule has 6 nitrogen and oxygen atoms in total. The van der Waals surface area contributed by atoms with Gasteiger partial charge in [-0.25, -0.2) is 0 Å². The summed E-state index contributed by atoms with van der Waals surface area (Å²) in [4.78, 5) is 0. The Morgan fingerprint density at radius 1 is 1.33 bits per heavy atom. The van der Waals surface area contributed by atoms with Crippen LogP contribution in [0, 0.1) is 0 Å². The van der Waals surface area contributed by atoms with E-state index < -0.39 is 0 Å². The van der Waals surface area contributed by atoms with E-state index >= 15 is 0 Å². The Balaban J connectivity index is 1.67. The van der Waals surface area contributed by atoms with E-state index in [0.717, 1.165) is 25.3 Å². The van der Waals surface area contributed by atoms with Crippen molar-refractivity contribution in [3.05, 3.63) is 35.9 Å². The van der Waals surface area contributed by atoms with Crippen LogP contribution in [0.1, 0.15) is 43.8 Å². The van der Waals surface area contributed by atoms with Gasteiger partial charge in [-0.15, -0.1) is 0 Å². The van der Waals surface area contributed by atoms with E-state index in [-0.39, 0.29) is 6.10 Å². The molecule has 0 bridgehead atoms. The van der Waals surface area contributed by atoms with Crippen molar-refractivity contribution in [1.29, 1.82) is 0 Å². The number of ether oxygens (including phenoxy) is 1. The zero-order valence-electron chi connectivity index (χ0n) is 12.9. The van der Waals surface area contributed by atoms with Gasteiger partial charge in [0.1, 0.15) is 6.10 Å². The third-order valence-corrected chi connectivity index (χ3v) is 4.03. The normalized spacial score (nSPS) is 22.3. The second-order valence-electron chi connectivity index (χ2n) is 5.81. The summed E-state index contributed by atoms with van der Waals surface area (Å²) in [7, 11) is 1.96. The first-order chi connectivity index (χ1) is 10.2. The van der Waals surface area contributed by atoms with Gasteiger partial charge in [0.2, 0.25) is 0 Å². The number of hydrogen-bond donors (Lipinski definition) is 1. The van der Waals surface area contributed by atoms with Crippen molar-refractivity contribution in [2.45, 2.75) is 45.0 Å². The molecule has 0 spiro atoms. The molecule has 1 aliphatic heterocycles. The second kappa shape index (κ2) is 5.99. The molecule has 3 rings (SSSR count). The number of aromatic nitrogens is 4. The van der Waals surface area contributed by atoms with Crippen LogP contribution in [0.3, 0.4) is 0 Å². The molecule has 2 aromatic heterocycles. The van der Waals surface area contributed by atoms with Crippen LogP contribution in [0.25, 0.3) is 0 Å². The van der Waals surface area contributed by atoms with Crippen molar-refractivity contribution in [3.63, 3.8) is 0 Å². The Bertz CT molecular complexity index is 588. The molecule has 21 heavy (non-hydrogen) atoms. The minimum absolute atomic E-state index is 0.0768. The average Bonchev–Trinajstić information content (AvgIpc) is 3.15. The molecule has 0 aliphatic carbocycles. The molecule has 3 heterocycles. The van der Waals surface area contributed by atoms with Gasteiger partial charge in [-0.05, 0) is 32.4 Å². The van der Waals surface area contributed by atoms with Crippen molar-refractivity contribution in [2.24, 2.45) is 7.05 Å². The number of hydrogen-bond acceptors (Lipinski definition) is 4. The summed E-state index contributed by atoms with van der Waals surface area (Å²) in [5.74, 6) is 0. The van der Waals surface area contributed by atoms with Gasteiger partial charge >= 0.3 is 0 Å². The summed E-state index contributed by atoms with van der Waals surface area (Å²) in [6.07, 6.45) is 4.78. The van der Waals surface area contributed by atoms with E-state index in [9.17, 15) is 0 Å². The Hall–Kier alpha value is -1.66. The van der Waals surface area contributed by atoms with Crippen molar-refractivity contribution in [2.75, 3.05) is 6.61 Å². The molecule has 6 heteroatoms. The topological polar surface area (TPSA) is 56.9 Å². The molecule has 2 atom stereocenters. The largest absolute Gasteiger partial charge is 0.370 e. The highest BCUT2D eigenvalue weighted by atomic mass is 16.5. The average molecular weight is 289 g/mol. The molecule has 114 valence electrons. The lowest BCUT2D eigenvalue weighted by atomic mass is 10.1. The predicted molar refractivity (Wildman–Crippen MR) is 79.8 cm³/mol. The minimum atomic E-state index is 0.0768. The SMILES string of the molecule is CC(C)n1nccc1CN[C@H]1CCO[C@@H]1c1ccnn1C. The first kappa shape index (κ1) is 14.3. The Kier molecular flexibility index (Phi) is 4.07. The van der Waals surface area contributed by atoms with Gasteiger partial charge in [-0.1, -0.05) is 0 Å². The summed E-state index contributed by atoms with van der Waals surface area (Å²) in [6, 6.07) is 4.80. The highest BCUT2D eigenvalue weighted by Gasteiger charge is 2.31. The van der Waals surface area contributed by atoms with E-state index in [2.05, 4.69) is 40.1 Å². The van der Waals surface area contributed by atoms with Crippen LogP contribution in [0.5, 0.6) is 0 Å². The lowest BCUT2D eigenvalue weighted by Crippen LogP contribution is -2.33. The Morgan fingerprint density at radius 3 is 2.86 bits per heavy atom. The molecule has 2 aromatic rings. The second-order valence-corrected chi connectivity index (χ2v) is 5.81. The fourth-order valence-electron chi connectivity index (χ4n) is 2.94. The molecule has 0 unspecified atom stereocenters. The summed E-state index contributed by atoms with van der Waals surface area (Å²) in [6.45, 7) is 5.89. The number of nitrogens with one attached hydrogen (secondary N) is 1. The molecule has 1 aliphatic rings. The van der Waals surface area contributed by atoms with Crippen LogP contribution in [-0.4, -0.2) is 32.2 Å². The van der Waals surface area contributed by atoms with E-state index in [1.807, 2.05) is 30.2 Å². The third kappa shape index (κ3) is 2.87. The van der Waals surface area contributed by atoms with E-state index in [4.69, 9.17) is 4.74 Å². The minimum Gasteiger partial charge on any atom is -0.370 e. The van der Waals surface area contributed by atoms with Gasteiger partial charge in [0.05, 0.1) is 11.4 Å². The number of rotatable bonds is 5.